The van der Waals surface area contributed by atoms with E-state index in [1.807, 2.05) is 6.07 Å². The molecule has 18 heavy (non-hydrogen) atoms. The third-order valence-corrected chi connectivity index (χ3v) is 2.64. The van der Waals surface area contributed by atoms with Gasteiger partial charge in [0.1, 0.15) is 17.6 Å². The minimum Gasteiger partial charge on any atom is -0.456 e. The predicted molar refractivity (Wildman–Crippen MR) is 68.6 cm³/mol. The first kappa shape index (κ1) is 12.4. The Kier molecular flexibility index (Phi) is 3.83. The lowest BCUT2D eigenvalue weighted by atomic mass is 10.1. The molecule has 0 bridgehead atoms. The molecule has 0 amide bonds. The van der Waals surface area contributed by atoms with Crippen molar-refractivity contribution >= 4 is 11.6 Å². The van der Waals surface area contributed by atoms with Gasteiger partial charge in [-0.3, -0.25) is 0 Å². The zero-order chi connectivity index (χ0) is 13.0. The molecule has 1 N–H and O–H groups in total. The van der Waals surface area contributed by atoms with E-state index in [0.717, 1.165) is 0 Å². The summed E-state index contributed by atoms with van der Waals surface area (Å²) >= 11 is 5.78. The fraction of sp³-hybridized carbons (Fsp3) is 0.0714. The number of nitriles is 1. The Morgan fingerprint density at radius 1 is 1.17 bits per heavy atom. The van der Waals surface area contributed by atoms with Crippen LogP contribution in [0.3, 0.4) is 0 Å². The van der Waals surface area contributed by atoms with Gasteiger partial charge in [-0.15, -0.1) is 0 Å². The van der Waals surface area contributed by atoms with E-state index >= 15 is 0 Å². The quantitative estimate of drug-likeness (QED) is 0.918. The van der Waals surface area contributed by atoms with Crippen LogP contribution >= 0.6 is 11.6 Å². The maximum Gasteiger partial charge on any atom is 0.145 e. The summed E-state index contributed by atoms with van der Waals surface area (Å²) in [6, 6.07) is 13.9. The number of rotatable bonds is 3. The van der Waals surface area contributed by atoms with Gasteiger partial charge in [0.25, 0.3) is 0 Å². The standard InChI is InChI=1S/C14H10ClNO2/c15-12-2-4-13(5-3-12)18-14-6-1-10(9-17)7-11(14)8-16/h1-7,17H,9H2. The fourth-order valence-corrected chi connectivity index (χ4v) is 1.61. The van der Waals surface area contributed by atoms with E-state index < -0.39 is 0 Å². The topological polar surface area (TPSA) is 53.2 Å². The SMILES string of the molecule is N#Cc1cc(CO)ccc1Oc1ccc(Cl)cc1. The van der Waals surface area contributed by atoms with Gasteiger partial charge in [-0.05, 0) is 42.0 Å². The lowest BCUT2D eigenvalue weighted by molar-refractivity contribution is 0.281. The number of nitrogens with zero attached hydrogens (tertiary/aromatic N) is 1. The van der Waals surface area contributed by atoms with E-state index in [-0.39, 0.29) is 6.61 Å². The van der Waals surface area contributed by atoms with Crippen molar-refractivity contribution in [1.29, 1.82) is 5.26 Å². The summed E-state index contributed by atoms with van der Waals surface area (Å²) in [6.07, 6.45) is 0. The minimum atomic E-state index is -0.101. The second kappa shape index (κ2) is 5.54. The van der Waals surface area contributed by atoms with Crippen molar-refractivity contribution in [2.45, 2.75) is 6.61 Å². The summed E-state index contributed by atoms with van der Waals surface area (Å²) in [7, 11) is 0. The number of ether oxygens (including phenoxy) is 1. The van der Waals surface area contributed by atoms with Crippen molar-refractivity contribution in [3.05, 3.63) is 58.6 Å². The van der Waals surface area contributed by atoms with Crippen molar-refractivity contribution in [2.24, 2.45) is 0 Å². The Labute approximate surface area is 110 Å². The molecule has 0 aliphatic carbocycles. The second-order valence-corrected chi connectivity index (χ2v) is 4.09. The highest BCUT2D eigenvalue weighted by molar-refractivity contribution is 6.30. The molecular formula is C14H10ClNO2. The molecule has 2 aromatic rings. The van der Waals surface area contributed by atoms with E-state index in [1.165, 1.54) is 0 Å². The summed E-state index contributed by atoms with van der Waals surface area (Å²) in [4.78, 5) is 0. The Morgan fingerprint density at radius 2 is 1.89 bits per heavy atom. The van der Waals surface area contributed by atoms with Crippen molar-refractivity contribution in [3.63, 3.8) is 0 Å². The van der Waals surface area contributed by atoms with E-state index in [4.69, 9.17) is 26.7 Å². The van der Waals surface area contributed by atoms with E-state index in [9.17, 15) is 0 Å². The van der Waals surface area contributed by atoms with Crippen LogP contribution in [0.1, 0.15) is 11.1 Å². The largest absolute Gasteiger partial charge is 0.456 e. The molecule has 0 aromatic heterocycles. The molecule has 0 spiro atoms. The van der Waals surface area contributed by atoms with Crippen LogP contribution in [0.15, 0.2) is 42.5 Å². The van der Waals surface area contributed by atoms with Crippen LogP contribution in [0.5, 0.6) is 11.5 Å². The zero-order valence-corrected chi connectivity index (χ0v) is 10.2. The van der Waals surface area contributed by atoms with Crippen LogP contribution in [0.2, 0.25) is 5.02 Å². The van der Waals surface area contributed by atoms with Crippen LogP contribution in [0, 0.1) is 11.3 Å². The highest BCUT2D eigenvalue weighted by atomic mass is 35.5. The van der Waals surface area contributed by atoms with Crippen molar-refractivity contribution in [2.75, 3.05) is 0 Å². The summed E-state index contributed by atoms with van der Waals surface area (Å²) in [5.74, 6) is 1.06. The van der Waals surface area contributed by atoms with Gasteiger partial charge >= 0.3 is 0 Å². The molecule has 0 aliphatic heterocycles. The summed E-state index contributed by atoms with van der Waals surface area (Å²) in [5, 5.41) is 18.7. The third-order valence-electron chi connectivity index (χ3n) is 2.39. The minimum absolute atomic E-state index is 0.101. The van der Waals surface area contributed by atoms with Gasteiger partial charge in [-0.2, -0.15) is 5.26 Å². The molecule has 0 fully saturated rings. The molecule has 90 valence electrons. The normalized spacial score (nSPS) is 9.83. The first-order valence-electron chi connectivity index (χ1n) is 5.30. The number of hydrogen-bond donors (Lipinski definition) is 1. The van der Waals surface area contributed by atoms with Crippen molar-refractivity contribution < 1.29 is 9.84 Å². The molecule has 0 heterocycles. The number of halogens is 1. The first-order valence-corrected chi connectivity index (χ1v) is 5.68. The molecule has 0 aliphatic rings. The number of benzene rings is 2. The van der Waals surface area contributed by atoms with Crippen LogP contribution in [-0.4, -0.2) is 5.11 Å². The van der Waals surface area contributed by atoms with Gasteiger partial charge in [0, 0.05) is 5.02 Å². The maximum atomic E-state index is 9.03. The third kappa shape index (κ3) is 2.80. The first-order chi connectivity index (χ1) is 8.72. The molecule has 0 atom stereocenters. The van der Waals surface area contributed by atoms with Crippen LogP contribution in [0.4, 0.5) is 0 Å². The summed E-state index contributed by atoms with van der Waals surface area (Å²) in [6.45, 7) is -0.101. The predicted octanol–water partition coefficient (Wildman–Crippen LogP) is 3.50. The average Bonchev–Trinajstić information content (AvgIpc) is 2.41. The van der Waals surface area contributed by atoms with Crippen LogP contribution < -0.4 is 4.74 Å². The molecule has 4 heteroatoms. The number of aliphatic hydroxyl groups excluding tert-OH is 1. The average molecular weight is 260 g/mol. The zero-order valence-electron chi connectivity index (χ0n) is 9.43. The lowest BCUT2D eigenvalue weighted by Crippen LogP contribution is -1.91. The number of aliphatic hydroxyl groups is 1. The summed E-state index contributed by atoms with van der Waals surface area (Å²) in [5.41, 5.74) is 1.06. The van der Waals surface area contributed by atoms with Gasteiger partial charge in [-0.1, -0.05) is 17.7 Å². The monoisotopic (exact) mass is 259 g/mol. The van der Waals surface area contributed by atoms with Crippen LogP contribution in [0.25, 0.3) is 0 Å². The molecule has 0 saturated carbocycles. The highest BCUT2D eigenvalue weighted by Gasteiger charge is 2.05. The van der Waals surface area contributed by atoms with Gasteiger partial charge in [0.05, 0.1) is 12.2 Å². The lowest BCUT2D eigenvalue weighted by Gasteiger charge is -2.08. The smallest absolute Gasteiger partial charge is 0.145 e. The van der Waals surface area contributed by atoms with Crippen molar-refractivity contribution in [3.8, 4) is 17.6 Å². The van der Waals surface area contributed by atoms with Crippen molar-refractivity contribution in [1.82, 2.24) is 0 Å². The van der Waals surface area contributed by atoms with Gasteiger partial charge in [0.2, 0.25) is 0 Å². The Morgan fingerprint density at radius 3 is 2.50 bits per heavy atom. The van der Waals surface area contributed by atoms with Gasteiger partial charge < -0.3 is 9.84 Å². The molecular weight excluding hydrogens is 250 g/mol. The highest BCUT2D eigenvalue weighted by Crippen LogP contribution is 2.26. The molecule has 0 radical (unpaired) electrons. The molecule has 2 rings (SSSR count). The van der Waals surface area contributed by atoms with Gasteiger partial charge in [0.15, 0.2) is 0 Å². The fourth-order valence-electron chi connectivity index (χ4n) is 1.48. The number of hydrogen-bond acceptors (Lipinski definition) is 3. The van der Waals surface area contributed by atoms with E-state index in [0.29, 0.717) is 27.6 Å². The van der Waals surface area contributed by atoms with Crippen LogP contribution in [-0.2, 0) is 6.61 Å². The molecule has 2 aromatic carbocycles. The second-order valence-electron chi connectivity index (χ2n) is 3.66. The molecule has 3 nitrogen and oxygen atoms in total. The molecule has 0 unspecified atom stereocenters. The van der Waals surface area contributed by atoms with E-state index in [1.54, 1.807) is 42.5 Å². The Hall–Kier alpha value is -2.02. The Bertz CT molecular complexity index is 588. The Balaban J connectivity index is 2.29. The molecule has 0 saturated heterocycles. The van der Waals surface area contributed by atoms with E-state index in [2.05, 4.69) is 0 Å². The summed E-state index contributed by atoms with van der Waals surface area (Å²) < 4.78 is 5.59. The maximum absolute atomic E-state index is 9.03. The van der Waals surface area contributed by atoms with Gasteiger partial charge in [-0.25, -0.2) is 0 Å².